The van der Waals surface area contributed by atoms with Crippen LogP contribution in [0.15, 0.2) is 18.2 Å². The number of rotatable bonds is 3. The molecule has 2 amide bonds. The molecule has 1 aromatic rings. The Kier molecular flexibility index (Phi) is 6.16. The van der Waals surface area contributed by atoms with E-state index in [-0.39, 0.29) is 18.2 Å². The highest BCUT2D eigenvalue weighted by Crippen LogP contribution is 2.34. The standard InChI is InChI=1S/C22H32N2O4/c1-22(2,3)28-20(25)23-19-13-11-15-10-12-17(14-18(15)19)27-21(26)24(4)16-8-6-5-7-9-16/h10,12,14,16,19H,5-9,11,13H2,1-4H3,(H,23,25). The predicted octanol–water partition coefficient (Wildman–Crippen LogP) is 4.96. The molecule has 2 aliphatic rings. The van der Waals surface area contributed by atoms with Crippen molar-refractivity contribution in [2.75, 3.05) is 7.05 Å². The summed E-state index contributed by atoms with van der Waals surface area (Å²) in [5, 5.41) is 2.93. The van der Waals surface area contributed by atoms with Crippen LogP contribution in [-0.4, -0.2) is 35.8 Å². The van der Waals surface area contributed by atoms with Crippen LogP contribution in [0.3, 0.4) is 0 Å². The summed E-state index contributed by atoms with van der Waals surface area (Å²) in [6, 6.07) is 5.82. The van der Waals surface area contributed by atoms with Crippen LogP contribution >= 0.6 is 0 Å². The number of amides is 2. The summed E-state index contributed by atoms with van der Waals surface area (Å²) in [6.45, 7) is 5.53. The van der Waals surface area contributed by atoms with E-state index in [1.165, 1.54) is 24.8 Å². The summed E-state index contributed by atoms with van der Waals surface area (Å²) in [6.07, 6.45) is 6.61. The second kappa shape index (κ2) is 8.41. The molecule has 1 unspecified atom stereocenters. The molecule has 0 bridgehead atoms. The van der Waals surface area contributed by atoms with Crippen LogP contribution in [0, 0.1) is 0 Å². The van der Waals surface area contributed by atoms with Crippen LogP contribution in [0.2, 0.25) is 0 Å². The van der Waals surface area contributed by atoms with Crippen molar-refractivity contribution in [2.45, 2.75) is 83.4 Å². The van der Waals surface area contributed by atoms with Gasteiger partial charge >= 0.3 is 12.2 Å². The third-order valence-corrected chi connectivity index (χ3v) is 5.50. The quantitative estimate of drug-likeness (QED) is 0.794. The minimum Gasteiger partial charge on any atom is -0.444 e. The number of fused-ring (bicyclic) bond motifs is 1. The molecule has 6 nitrogen and oxygen atoms in total. The lowest BCUT2D eigenvalue weighted by atomic mass is 9.95. The lowest BCUT2D eigenvalue weighted by Crippen LogP contribution is -2.40. The topological polar surface area (TPSA) is 67.9 Å². The van der Waals surface area contributed by atoms with Gasteiger partial charge in [-0.2, -0.15) is 0 Å². The molecule has 28 heavy (non-hydrogen) atoms. The number of hydrogen-bond donors (Lipinski definition) is 1. The molecule has 0 heterocycles. The Labute approximate surface area is 167 Å². The Morgan fingerprint density at radius 1 is 1.11 bits per heavy atom. The van der Waals surface area contributed by atoms with Crippen molar-refractivity contribution in [3.63, 3.8) is 0 Å². The molecule has 154 valence electrons. The predicted molar refractivity (Wildman–Crippen MR) is 108 cm³/mol. The molecule has 0 aromatic heterocycles. The van der Waals surface area contributed by atoms with E-state index in [9.17, 15) is 9.59 Å². The molecular weight excluding hydrogens is 356 g/mol. The summed E-state index contributed by atoms with van der Waals surface area (Å²) in [5.41, 5.74) is 1.63. The first-order valence-electron chi connectivity index (χ1n) is 10.3. The van der Waals surface area contributed by atoms with Gasteiger partial charge in [0.05, 0.1) is 6.04 Å². The number of carbonyl (C=O) groups excluding carboxylic acids is 2. The van der Waals surface area contributed by atoms with Gasteiger partial charge in [0.15, 0.2) is 0 Å². The number of nitrogens with zero attached hydrogens (tertiary/aromatic N) is 1. The molecule has 2 aliphatic carbocycles. The van der Waals surface area contributed by atoms with Crippen molar-refractivity contribution in [1.29, 1.82) is 0 Å². The van der Waals surface area contributed by atoms with Crippen LogP contribution < -0.4 is 10.1 Å². The first-order chi connectivity index (χ1) is 13.2. The van der Waals surface area contributed by atoms with Gasteiger partial charge in [-0.05, 0) is 69.7 Å². The van der Waals surface area contributed by atoms with Gasteiger partial charge in [-0.3, -0.25) is 0 Å². The maximum atomic E-state index is 12.5. The van der Waals surface area contributed by atoms with Gasteiger partial charge in [0.25, 0.3) is 0 Å². The number of nitrogens with one attached hydrogen (secondary N) is 1. The summed E-state index contributed by atoms with van der Waals surface area (Å²) >= 11 is 0. The fourth-order valence-corrected chi connectivity index (χ4v) is 4.03. The first-order valence-corrected chi connectivity index (χ1v) is 10.3. The monoisotopic (exact) mass is 388 g/mol. The Morgan fingerprint density at radius 2 is 1.82 bits per heavy atom. The second-order valence-corrected chi connectivity index (χ2v) is 8.87. The molecule has 1 aromatic carbocycles. The van der Waals surface area contributed by atoms with E-state index in [1.807, 2.05) is 46.0 Å². The molecule has 3 rings (SSSR count). The van der Waals surface area contributed by atoms with E-state index < -0.39 is 11.7 Å². The maximum Gasteiger partial charge on any atom is 0.415 e. The van der Waals surface area contributed by atoms with E-state index in [1.54, 1.807) is 4.90 Å². The Morgan fingerprint density at radius 3 is 2.50 bits per heavy atom. The van der Waals surface area contributed by atoms with Gasteiger partial charge in [0, 0.05) is 13.1 Å². The smallest absolute Gasteiger partial charge is 0.415 e. The van der Waals surface area contributed by atoms with Crippen LogP contribution in [0.25, 0.3) is 0 Å². The van der Waals surface area contributed by atoms with Crippen LogP contribution in [0.5, 0.6) is 5.75 Å². The van der Waals surface area contributed by atoms with Crippen LogP contribution in [0.4, 0.5) is 9.59 Å². The molecule has 1 atom stereocenters. The molecule has 1 N–H and O–H groups in total. The minimum absolute atomic E-state index is 0.125. The fraction of sp³-hybridized carbons (Fsp3) is 0.636. The average Bonchev–Trinajstić information content (AvgIpc) is 3.02. The van der Waals surface area contributed by atoms with Crippen molar-refractivity contribution < 1.29 is 19.1 Å². The van der Waals surface area contributed by atoms with E-state index >= 15 is 0 Å². The number of aryl methyl sites for hydroxylation is 1. The molecule has 0 aliphatic heterocycles. The molecule has 1 fully saturated rings. The summed E-state index contributed by atoms with van der Waals surface area (Å²) < 4.78 is 11.0. The van der Waals surface area contributed by atoms with Crippen molar-refractivity contribution in [1.82, 2.24) is 10.2 Å². The lowest BCUT2D eigenvalue weighted by molar-refractivity contribution is 0.0503. The largest absolute Gasteiger partial charge is 0.444 e. The van der Waals surface area contributed by atoms with Crippen molar-refractivity contribution in [3.05, 3.63) is 29.3 Å². The van der Waals surface area contributed by atoms with Gasteiger partial charge in [0.1, 0.15) is 11.4 Å². The molecule has 0 radical (unpaired) electrons. The molecule has 0 spiro atoms. The summed E-state index contributed by atoms with van der Waals surface area (Å²) in [5.74, 6) is 0.518. The zero-order valence-electron chi connectivity index (χ0n) is 17.4. The van der Waals surface area contributed by atoms with Crippen molar-refractivity contribution >= 4 is 12.2 Å². The highest BCUT2D eigenvalue weighted by atomic mass is 16.6. The number of ether oxygens (including phenoxy) is 2. The Hall–Kier alpha value is -2.24. The third-order valence-electron chi connectivity index (χ3n) is 5.50. The summed E-state index contributed by atoms with van der Waals surface area (Å²) in [7, 11) is 1.82. The number of hydrogen-bond acceptors (Lipinski definition) is 4. The fourth-order valence-electron chi connectivity index (χ4n) is 4.03. The minimum atomic E-state index is -0.535. The van der Waals surface area contributed by atoms with Gasteiger partial charge in [0.2, 0.25) is 0 Å². The van der Waals surface area contributed by atoms with Crippen LogP contribution in [0.1, 0.15) is 76.5 Å². The molecule has 6 heteroatoms. The zero-order chi connectivity index (χ0) is 20.3. The van der Waals surface area contributed by atoms with Gasteiger partial charge < -0.3 is 19.7 Å². The SMILES string of the molecule is CN(C(=O)Oc1ccc2c(c1)C(NC(=O)OC(C)(C)C)CC2)C1CCCCC1. The maximum absolute atomic E-state index is 12.5. The first kappa shape index (κ1) is 20.5. The average molecular weight is 389 g/mol. The van der Waals surface area contributed by atoms with Crippen molar-refractivity contribution in [2.24, 2.45) is 0 Å². The summed E-state index contributed by atoms with van der Waals surface area (Å²) in [4.78, 5) is 26.4. The van der Waals surface area contributed by atoms with Crippen LogP contribution in [-0.2, 0) is 11.2 Å². The van der Waals surface area contributed by atoms with E-state index in [2.05, 4.69) is 5.32 Å². The normalized spacial score (nSPS) is 19.6. The molecule has 0 saturated heterocycles. The molecule has 1 saturated carbocycles. The second-order valence-electron chi connectivity index (χ2n) is 8.87. The Bertz CT molecular complexity index is 720. The lowest BCUT2D eigenvalue weighted by Gasteiger charge is -2.30. The molecular formula is C22H32N2O4. The third kappa shape index (κ3) is 5.18. The number of alkyl carbamates (subject to hydrolysis) is 1. The van der Waals surface area contributed by atoms with Gasteiger partial charge in [-0.1, -0.05) is 25.3 Å². The highest BCUT2D eigenvalue weighted by Gasteiger charge is 2.28. The van der Waals surface area contributed by atoms with E-state index in [4.69, 9.17) is 9.47 Å². The van der Waals surface area contributed by atoms with Gasteiger partial charge in [-0.25, -0.2) is 9.59 Å². The van der Waals surface area contributed by atoms with E-state index in [0.29, 0.717) is 5.75 Å². The highest BCUT2D eigenvalue weighted by molar-refractivity contribution is 5.71. The van der Waals surface area contributed by atoms with Gasteiger partial charge in [-0.15, -0.1) is 0 Å². The van der Waals surface area contributed by atoms with Crippen molar-refractivity contribution in [3.8, 4) is 5.75 Å². The number of carbonyl (C=O) groups is 2. The number of benzene rings is 1. The Balaban J connectivity index is 1.64. The van der Waals surface area contributed by atoms with E-state index in [0.717, 1.165) is 31.2 Å². The zero-order valence-corrected chi connectivity index (χ0v) is 17.4.